The third-order valence-electron chi connectivity index (χ3n) is 5.25. The lowest BCUT2D eigenvalue weighted by atomic mass is 10.1. The van der Waals surface area contributed by atoms with Gasteiger partial charge < -0.3 is 4.74 Å². The lowest BCUT2D eigenvalue weighted by molar-refractivity contribution is -0.119. The predicted molar refractivity (Wildman–Crippen MR) is 130 cm³/mol. The minimum atomic E-state index is -3.97. The van der Waals surface area contributed by atoms with Gasteiger partial charge in [0.25, 0.3) is 15.9 Å². The Bertz CT molecular complexity index is 1250. The van der Waals surface area contributed by atoms with Crippen molar-refractivity contribution in [3.8, 4) is 5.75 Å². The van der Waals surface area contributed by atoms with E-state index in [9.17, 15) is 13.2 Å². The lowest BCUT2D eigenvalue weighted by Crippen LogP contribution is -2.39. The van der Waals surface area contributed by atoms with Crippen LogP contribution in [0.25, 0.3) is 0 Å². The van der Waals surface area contributed by atoms with Crippen LogP contribution in [0, 0.1) is 13.8 Å². The van der Waals surface area contributed by atoms with Crippen molar-refractivity contribution in [1.82, 2.24) is 5.43 Å². The first-order valence-electron chi connectivity index (χ1n) is 10.3. The van der Waals surface area contributed by atoms with E-state index in [1.54, 1.807) is 56.5 Å². The molecular formula is C25H27N3O4S. The Morgan fingerprint density at radius 3 is 2.24 bits per heavy atom. The first kappa shape index (κ1) is 24.0. The van der Waals surface area contributed by atoms with Crippen molar-refractivity contribution in [3.63, 3.8) is 0 Å². The van der Waals surface area contributed by atoms with Crippen LogP contribution in [0.5, 0.6) is 5.75 Å². The second kappa shape index (κ2) is 10.3. The molecule has 0 aliphatic rings. The van der Waals surface area contributed by atoms with Crippen LogP contribution in [0.1, 0.15) is 23.6 Å². The monoisotopic (exact) mass is 465 g/mol. The molecule has 172 valence electrons. The summed E-state index contributed by atoms with van der Waals surface area (Å²) in [5.41, 5.74) is 6.22. The highest BCUT2D eigenvalue weighted by molar-refractivity contribution is 7.92. The van der Waals surface area contributed by atoms with Crippen LogP contribution in [-0.4, -0.2) is 33.7 Å². The molecule has 0 atom stereocenters. The van der Waals surface area contributed by atoms with Gasteiger partial charge in [0.2, 0.25) is 0 Å². The molecule has 0 saturated carbocycles. The number of hydrogen-bond donors (Lipinski definition) is 1. The number of carbonyl (C=O) groups excluding carboxylic acids is 1. The van der Waals surface area contributed by atoms with Crippen molar-refractivity contribution in [1.29, 1.82) is 0 Å². The summed E-state index contributed by atoms with van der Waals surface area (Å²) < 4.78 is 33.0. The number of hydrogen-bond acceptors (Lipinski definition) is 5. The summed E-state index contributed by atoms with van der Waals surface area (Å²) in [6, 6.07) is 20.6. The summed E-state index contributed by atoms with van der Waals surface area (Å²) in [7, 11) is -2.38. The molecule has 0 aliphatic carbocycles. The van der Waals surface area contributed by atoms with Crippen molar-refractivity contribution >= 4 is 27.3 Å². The molecule has 0 heterocycles. The highest BCUT2D eigenvalue weighted by Gasteiger charge is 2.27. The first-order chi connectivity index (χ1) is 15.7. The molecule has 3 aromatic rings. The van der Waals surface area contributed by atoms with Crippen molar-refractivity contribution in [3.05, 3.63) is 89.5 Å². The second-order valence-corrected chi connectivity index (χ2v) is 9.42. The number of rotatable bonds is 8. The smallest absolute Gasteiger partial charge is 0.264 e. The molecule has 1 amide bonds. The summed E-state index contributed by atoms with van der Waals surface area (Å²) >= 11 is 0. The van der Waals surface area contributed by atoms with Crippen molar-refractivity contribution in [2.24, 2.45) is 5.10 Å². The van der Waals surface area contributed by atoms with E-state index >= 15 is 0 Å². The number of nitrogens with one attached hydrogen (secondary N) is 1. The van der Waals surface area contributed by atoms with Crippen LogP contribution in [0.4, 0.5) is 5.69 Å². The van der Waals surface area contributed by atoms with Gasteiger partial charge in [-0.05, 0) is 86.0 Å². The maximum absolute atomic E-state index is 13.4. The molecule has 8 heteroatoms. The quantitative estimate of drug-likeness (QED) is 0.402. The molecule has 0 radical (unpaired) electrons. The number of ether oxygens (including phenoxy) is 1. The molecule has 7 nitrogen and oxygen atoms in total. The Labute approximate surface area is 194 Å². The van der Waals surface area contributed by atoms with Gasteiger partial charge >= 0.3 is 0 Å². The molecule has 0 aromatic heterocycles. The van der Waals surface area contributed by atoms with E-state index in [4.69, 9.17) is 4.74 Å². The van der Waals surface area contributed by atoms with Crippen LogP contribution in [-0.2, 0) is 14.8 Å². The number of nitrogens with zero attached hydrogens (tertiary/aromatic N) is 2. The molecule has 1 N–H and O–H groups in total. The van der Waals surface area contributed by atoms with E-state index in [-0.39, 0.29) is 4.90 Å². The van der Waals surface area contributed by atoms with Gasteiger partial charge in [-0.1, -0.05) is 24.3 Å². The average Bonchev–Trinajstić information content (AvgIpc) is 2.83. The maximum Gasteiger partial charge on any atom is 0.264 e. The number of sulfonamides is 1. The third-order valence-corrected chi connectivity index (χ3v) is 7.04. The standard InChI is InChI=1S/C25H27N3O4S/c1-18-10-13-22(16-19(18)2)28(33(30,31)24-8-6-5-7-9-24)17-25(29)27-26-20(3)21-11-14-23(32-4)15-12-21/h5-16H,17H2,1-4H3,(H,27,29)/b26-20+. The third kappa shape index (κ3) is 5.78. The van der Waals surface area contributed by atoms with E-state index in [1.165, 1.54) is 12.1 Å². The van der Waals surface area contributed by atoms with Crippen molar-refractivity contribution < 1.29 is 17.9 Å². The van der Waals surface area contributed by atoms with Gasteiger partial charge in [0, 0.05) is 0 Å². The van der Waals surface area contributed by atoms with Crippen LogP contribution < -0.4 is 14.5 Å². The van der Waals surface area contributed by atoms with E-state index in [0.717, 1.165) is 21.0 Å². The van der Waals surface area contributed by atoms with Gasteiger partial charge in [-0.15, -0.1) is 0 Å². The minimum Gasteiger partial charge on any atom is -0.497 e. The maximum atomic E-state index is 13.4. The molecule has 0 fully saturated rings. The molecule has 0 bridgehead atoms. The Morgan fingerprint density at radius 2 is 1.64 bits per heavy atom. The zero-order chi connectivity index (χ0) is 24.0. The fourth-order valence-electron chi connectivity index (χ4n) is 3.12. The molecule has 3 aromatic carbocycles. The Hall–Kier alpha value is -3.65. The van der Waals surface area contributed by atoms with E-state index in [0.29, 0.717) is 17.1 Å². The van der Waals surface area contributed by atoms with E-state index < -0.39 is 22.5 Å². The molecule has 3 rings (SSSR count). The average molecular weight is 466 g/mol. The van der Waals surface area contributed by atoms with Gasteiger partial charge in [-0.25, -0.2) is 13.8 Å². The van der Waals surface area contributed by atoms with Crippen molar-refractivity contribution in [2.75, 3.05) is 18.0 Å². The van der Waals surface area contributed by atoms with Crippen LogP contribution in [0.2, 0.25) is 0 Å². The zero-order valence-electron chi connectivity index (χ0n) is 19.1. The number of carbonyl (C=O) groups is 1. The second-order valence-electron chi connectivity index (χ2n) is 7.55. The molecule has 0 unspecified atom stereocenters. The number of methoxy groups -OCH3 is 1. The summed E-state index contributed by atoms with van der Waals surface area (Å²) in [5, 5.41) is 4.14. The number of benzene rings is 3. The number of anilines is 1. The number of aryl methyl sites for hydroxylation is 2. The van der Waals surface area contributed by atoms with Gasteiger partial charge in [-0.3, -0.25) is 9.10 Å². The Kier molecular flexibility index (Phi) is 7.50. The molecule has 0 aliphatic heterocycles. The Morgan fingerprint density at radius 1 is 0.970 bits per heavy atom. The highest BCUT2D eigenvalue weighted by Crippen LogP contribution is 2.25. The number of hydrazone groups is 1. The fraction of sp³-hybridized carbons (Fsp3) is 0.200. The van der Waals surface area contributed by atoms with Gasteiger partial charge in [0.15, 0.2) is 0 Å². The predicted octanol–water partition coefficient (Wildman–Crippen LogP) is 4.05. The summed E-state index contributed by atoms with van der Waals surface area (Å²) in [6.45, 7) is 5.18. The van der Waals surface area contributed by atoms with E-state index in [1.807, 2.05) is 32.0 Å². The van der Waals surface area contributed by atoms with Gasteiger partial charge in [0.1, 0.15) is 12.3 Å². The molecule has 33 heavy (non-hydrogen) atoms. The SMILES string of the molecule is COc1ccc(/C(C)=N/NC(=O)CN(c2ccc(C)c(C)c2)S(=O)(=O)c2ccccc2)cc1. The molecule has 0 spiro atoms. The summed E-state index contributed by atoms with van der Waals surface area (Å²) in [5.74, 6) is 0.159. The molecular weight excluding hydrogens is 438 g/mol. The largest absolute Gasteiger partial charge is 0.497 e. The zero-order valence-corrected chi connectivity index (χ0v) is 19.9. The van der Waals surface area contributed by atoms with Crippen molar-refractivity contribution in [2.45, 2.75) is 25.7 Å². The minimum absolute atomic E-state index is 0.106. The van der Waals surface area contributed by atoms with Crippen LogP contribution in [0.15, 0.2) is 82.8 Å². The van der Waals surface area contributed by atoms with Gasteiger partial charge in [-0.2, -0.15) is 5.10 Å². The first-order valence-corrected chi connectivity index (χ1v) is 11.8. The van der Waals surface area contributed by atoms with E-state index in [2.05, 4.69) is 10.5 Å². The van der Waals surface area contributed by atoms with Crippen LogP contribution in [0.3, 0.4) is 0 Å². The Balaban J connectivity index is 1.86. The summed E-state index contributed by atoms with van der Waals surface area (Å²) in [6.07, 6.45) is 0. The van der Waals surface area contributed by atoms with Crippen LogP contribution >= 0.6 is 0 Å². The summed E-state index contributed by atoms with van der Waals surface area (Å²) in [4.78, 5) is 12.9. The molecule has 0 saturated heterocycles. The topological polar surface area (TPSA) is 88.1 Å². The normalized spacial score (nSPS) is 11.7. The lowest BCUT2D eigenvalue weighted by Gasteiger charge is -2.24. The highest BCUT2D eigenvalue weighted by atomic mass is 32.2. The number of amides is 1. The fourth-order valence-corrected chi connectivity index (χ4v) is 4.56. The van der Waals surface area contributed by atoms with Gasteiger partial charge in [0.05, 0.1) is 23.4 Å².